The summed E-state index contributed by atoms with van der Waals surface area (Å²) in [7, 11) is -3.95. The van der Waals surface area contributed by atoms with E-state index in [-0.39, 0.29) is 39.4 Å². The van der Waals surface area contributed by atoms with Crippen LogP contribution < -0.4 is 10.5 Å². The topological polar surface area (TPSA) is 158 Å². The molecule has 5 atom stereocenters. The molecule has 5 rings (SSSR count). The molecule has 3 aromatic rings. The molecular weight excluding hydrogens is 540 g/mol. The van der Waals surface area contributed by atoms with Gasteiger partial charge in [0.15, 0.2) is 0 Å². The maximum Gasteiger partial charge on any atom is 0.282 e. The molecule has 10 nitrogen and oxygen atoms in total. The van der Waals surface area contributed by atoms with E-state index in [1.165, 1.54) is 42.1 Å². The van der Waals surface area contributed by atoms with E-state index in [4.69, 9.17) is 16.7 Å². The molecule has 0 spiro atoms. The van der Waals surface area contributed by atoms with Crippen molar-refractivity contribution >= 4 is 50.4 Å². The summed E-state index contributed by atoms with van der Waals surface area (Å²) in [4.78, 5) is 22.3. The second kappa shape index (κ2) is 9.60. The van der Waals surface area contributed by atoms with E-state index in [2.05, 4.69) is 5.32 Å². The molecule has 1 aliphatic carbocycles. The van der Waals surface area contributed by atoms with E-state index in [1.54, 1.807) is 36.4 Å². The van der Waals surface area contributed by atoms with Crippen LogP contribution in [0.2, 0.25) is 0 Å². The Morgan fingerprint density at radius 3 is 2.35 bits per heavy atom. The fourth-order valence-electron chi connectivity index (χ4n) is 5.28. The zero-order chi connectivity index (χ0) is 26.5. The Labute approximate surface area is 221 Å². The summed E-state index contributed by atoms with van der Waals surface area (Å²) < 4.78 is 24.1. The first-order chi connectivity index (χ1) is 17.5. The van der Waals surface area contributed by atoms with Crippen LogP contribution in [0, 0.1) is 26.1 Å². The number of nitro benzene ring substituents is 2. The van der Waals surface area contributed by atoms with Gasteiger partial charge in [-0.15, -0.1) is 23.4 Å². The number of para-hydroxylation sites is 1. The largest absolute Gasteiger partial charge is 0.378 e. The predicted octanol–water partition coefficient (Wildman–Crippen LogP) is 5.19. The molecule has 3 aromatic carbocycles. The molecule has 0 unspecified atom stereocenters. The van der Waals surface area contributed by atoms with Gasteiger partial charge < -0.3 is 5.32 Å². The van der Waals surface area contributed by atoms with Crippen LogP contribution in [0.25, 0.3) is 0 Å². The molecule has 0 saturated heterocycles. The van der Waals surface area contributed by atoms with Crippen LogP contribution in [0.1, 0.15) is 29.5 Å². The number of alkyl halides is 1. The fourth-order valence-corrected chi connectivity index (χ4v) is 7.77. The molecule has 192 valence electrons. The highest BCUT2D eigenvalue weighted by Gasteiger charge is 2.50. The number of halogens is 1. The van der Waals surface area contributed by atoms with Crippen LogP contribution in [0.4, 0.5) is 17.1 Å². The van der Waals surface area contributed by atoms with Crippen molar-refractivity contribution in [2.24, 2.45) is 11.1 Å². The van der Waals surface area contributed by atoms with Gasteiger partial charge in [-0.3, -0.25) is 20.2 Å². The number of non-ortho nitro benzene ring substituents is 1. The monoisotopic (exact) mass is 560 g/mol. The normalized spacial score (nSPS) is 24.5. The molecule has 0 amide bonds. The summed E-state index contributed by atoms with van der Waals surface area (Å²) in [6.45, 7) is 0. The highest BCUT2D eigenvalue weighted by molar-refractivity contribution is 8.00. The van der Waals surface area contributed by atoms with Gasteiger partial charge in [-0.1, -0.05) is 24.3 Å². The van der Waals surface area contributed by atoms with Crippen molar-refractivity contribution in [1.29, 1.82) is 0 Å². The number of nitrogens with two attached hydrogens (primary N) is 1. The van der Waals surface area contributed by atoms with Gasteiger partial charge in [0.1, 0.15) is 0 Å². The molecule has 1 saturated carbocycles. The van der Waals surface area contributed by atoms with Gasteiger partial charge in [0.2, 0.25) is 10.0 Å². The maximum atomic E-state index is 12.1. The number of thioether (sulfide) groups is 1. The van der Waals surface area contributed by atoms with Crippen molar-refractivity contribution < 1.29 is 18.3 Å². The number of nitrogens with zero attached hydrogens (tertiary/aromatic N) is 2. The second-order valence-corrected chi connectivity index (χ2v) is 12.4. The van der Waals surface area contributed by atoms with Gasteiger partial charge in [0, 0.05) is 35.1 Å². The van der Waals surface area contributed by atoms with Crippen molar-refractivity contribution in [3.8, 4) is 0 Å². The van der Waals surface area contributed by atoms with Gasteiger partial charge in [-0.05, 0) is 47.7 Å². The Morgan fingerprint density at radius 1 is 1.00 bits per heavy atom. The molecule has 1 heterocycles. The summed E-state index contributed by atoms with van der Waals surface area (Å²) >= 11 is 8.39. The van der Waals surface area contributed by atoms with Gasteiger partial charge in [0.05, 0.1) is 31.1 Å². The first-order valence-electron chi connectivity index (χ1n) is 11.3. The van der Waals surface area contributed by atoms with Crippen LogP contribution in [0.5, 0.6) is 0 Å². The lowest BCUT2D eigenvalue weighted by molar-refractivity contribution is -0.387. The number of anilines is 1. The third-order valence-corrected chi connectivity index (χ3v) is 9.94. The Bertz CT molecular complexity index is 1500. The number of rotatable bonds is 6. The summed E-state index contributed by atoms with van der Waals surface area (Å²) in [5.41, 5.74) is 2.19. The van der Waals surface area contributed by atoms with Crippen LogP contribution in [0.3, 0.4) is 0 Å². The van der Waals surface area contributed by atoms with Gasteiger partial charge >= 0.3 is 0 Å². The van der Waals surface area contributed by atoms with E-state index in [1.807, 2.05) is 0 Å². The number of primary sulfonamides is 1. The molecule has 0 radical (unpaired) electrons. The number of hydrogen-bond acceptors (Lipinski definition) is 8. The standard InChI is InChI=1S/C24H21ClN4O6S2/c25-23-21(36-20-4-2-1-3-19(20)29(32)33)12-17-22(23)16-11-15(37(26,34)35)9-10-18(16)27-24(17)13-5-7-14(8-6-13)28(30)31/h1-11,17,21-24,27H,12H2,(H2,26,34,35)/t17-,21-,22+,23-,24-/m1/s1. The SMILES string of the molecule is NS(=O)(=O)c1ccc2c(c1)[C@@H]1[C@H](Cl)[C@H](Sc3ccccc3[N+](=O)[O-])C[C@H]1[C@@H](c1ccc([N+](=O)[O-])cc1)N2. The molecule has 0 bridgehead atoms. The number of hydrogen-bond donors (Lipinski definition) is 2. The van der Waals surface area contributed by atoms with Gasteiger partial charge in [-0.25, -0.2) is 13.6 Å². The summed E-state index contributed by atoms with van der Waals surface area (Å²) in [5.74, 6) is -0.410. The number of benzene rings is 3. The average molecular weight is 561 g/mol. The molecule has 2 aliphatic rings. The maximum absolute atomic E-state index is 12.1. The van der Waals surface area contributed by atoms with Crippen LogP contribution in [-0.4, -0.2) is 28.9 Å². The summed E-state index contributed by atoms with van der Waals surface area (Å²) in [5, 5.41) is 30.9. The summed E-state index contributed by atoms with van der Waals surface area (Å²) in [6.07, 6.45) is 0.573. The minimum Gasteiger partial charge on any atom is -0.378 e. The zero-order valence-corrected chi connectivity index (χ0v) is 21.4. The lowest BCUT2D eigenvalue weighted by Crippen LogP contribution is -2.31. The third-order valence-electron chi connectivity index (χ3n) is 6.92. The van der Waals surface area contributed by atoms with E-state index in [0.717, 1.165) is 5.56 Å². The highest BCUT2D eigenvalue weighted by atomic mass is 35.5. The van der Waals surface area contributed by atoms with Gasteiger partial charge in [-0.2, -0.15) is 0 Å². The lowest BCUT2D eigenvalue weighted by Gasteiger charge is -2.38. The third kappa shape index (κ3) is 4.77. The Balaban J connectivity index is 1.57. The Hall–Kier alpha value is -3.19. The molecule has 1 aliphatic heterocycles. The zero-order valence-electron chi connectivity index (χ0n) is 19.1. The van der Waals surface area contributed by atoms with Crippen molar-refractivity contribution in [3.05, 3.63) is 98.1 Å². The van der Waals surface area contributed by atoms with E-state index in [9.17, 15) is 28.6 Å². The average Bonchev–Trinajstić information content (AvgIpc) is 3.19. The Morgan fingerprint density at radius 2 is 1.70 bits per heavy atom. The van der Waals surface area contributed by atoms with E-state index in [0.29, 0.717) is 22.6 Å². The van der Waals surface area contributed by atoms with E-state index < -0.39 is 25.2 Å². The number of nitrogens with one attached hydrogen (secondary N) is 1. The fraction of sp³-hybridized carbons (Fsp3) is 0.250. The smallest absolute Gasteiger partial charge is 0.282 e. The number of fused-ring (bicyclic) bond motifs is 3. The minimum atomic E-state index is -3.95. The minimum absolute atomic E-state index is 0.00630. The van der Waals surface area contributed by atoms with Crippen molar-refractivity contribution in [2.45, 2.75) is 38.8 Å². The number of nitro groups is 2. The second-order valence-electron chi connectivity index (χ2n) is 9.02. The molecule has 13 heteroatoms. The van der Waals surface area contributed by atoms with E-state index >= 15 is 0 Å². The molecule has 1 fully saturated rings. The van der Waals surface area contributed by atoms with Crippen molar-refractivity contribution in [3.63, 3.8) is 0 Å². The quantitative estimate of drug-likeness (QED) is 0.237. The van der Waals surface area contributed by atoms with Crippen LogP contribution in [0.15, 0.2) is 76.5 Å². The first kappa shape index (κ1) is 25.5. The number of sulfonamides is 1. The summed E-state index contributed by atoms with van der Waals surface area (Å²) in [6, 6.07) is 17.1. The highest BCUT2D eigenvalue weighted by Crippen LogP contribution is 2.58. The van der Waals surface area contributed by atoms with Gasteiger partial charge in [0.25, 0.3) is 11.4 Å². The van der Waals surface area contributed by atoms with Crippen molar-refractivity contribution in [2.75, 3.05) is 5.32 Å². The lowest BCUT2D eigenvalue weighted by atomic mass is 9.77. The first-order valence-corrected chi connectivity index (χ1v) is 14.1. The van der Waals surface area contributed by atoms with Crippen LogP contribution in [-0.2, 0) is 10.0 Å². The van der Waals surface area contributed by atoms with Crippen molar-refractivity contribution in [1.82, 2.24) is 0 Å². The molecule has 37 heavy (non-hydrogen) atoms. The molecular formula is C24H21ClN4O6S2. The Kier molecular flexibility index (Phi) is 6.61. The molecule has 3 N–H and O–H groups in total. The molecule has 0 aromatic heterocycles. The van der Waals surface area contributed by atoms with Crippen LogP contribution >= 0.6 is 23.4 Å². The predicted molar refractivity (Wildman–Crippen MR) is 141 cm³/mol.